The number of Topliss-reactive ketones (excluding diaryl/α,β-unsaturated/α-hetero) is 1. The number of ether oxygens (including phenoxy) is 1. The van der Waals surface area contributed by atoms with Gasteiger partial charge in [0.25, 0.3) is 0 Å². The van der Waals surface area contributed by atoms with Crippen LogP contribution in [0.25, 0.3) is 0 Å². The Balaban J connectivity index is 1.31. The molecule has 1 saturated heterocycles. The number of ketones is 1. The molecule has 4 saturated carbocycles. The molecule has 2 heterocycles. The third-order valence-electron chi connectivity index (χ3n) is 7.35. The summed E-state index contributed by atoms with van der Waals surface area (Å²) in [7, 11) is 0. The summed E-state index contributed by atoms with van der Waals surface area (Å²) in [6, 6.07) is 0. The van der Waals surface area contributed by atoms with Crippen molar-refractivity contribution in [1.82, 2.24) is 14.8 Å². The molecule has 4 aliphatic carbocycles. The van der Waals surface area contributed by atoms with Crippen molar-refractivity contribution in [2.24, 2.45) is 23.2 Å². The molecule has 2 atom stereocenters. The Labute approximate surface area is 163 Å². The van der Waals surface area contributed by atoms with Crippen molar-refractivity contribution in [3.05, 3.63) is 10.5 Å². The molecule has 27 heavy (non-hydrogen) atoms. The first kappa shape index (κ1) is 18.0. The Hall–Kier alpha value is -1.08. The van der Waals surface area contributed by atoms with E-state index in [-0.39, 0.29) is 22.5 Å². The highest BCUT2D eigenvalue weighted by Gasteiger charge is 2.55. The first-order valence-corrected chi connectivity index (χ1v) is 11.4. The van der Waals surface area contributed by atoms with Crippen molar-refractivity contribution in [2.75, 3.05) is 6.61 Å². The van der Waals surface area contributed by atoms with Crippen molar-refractivity contribution < 1.29 is 9.53 Å². The zero-order valence-corrected chi connectivity index (χ0v) is 16.8. The summed E-state index contributed by atoms with van der Waals surface area (Å²) in [5.74, 6) is 2.69. The van der Waals surface area contributed by atoms with E-state index in [1.807, 2.05) is 6.92 Å². The Kier molecular flexibility index (Phi) is 4.50. The quantitative estimate of drug-likeness (QED) is 0.755. The molecule has 0 aromatic carbocycles. The molecule has 6 nitrogen and oxygen atoms in total. The van der Waals surface area contributed by atoms with Gasteiger partial charge in [-0.1, -0.05) is 11.8 Å². The maximum absolute atomic E-state index is 13.5. The average molecular weight is 392 g/mol. The largest absolute Gasteiger partial charge is 0.376 e. The minimum atomic E-state index is -0.206. The standard InChI is InChI=1S/C20H29N3O3S/c1-12(17(24)20-8-13-5-14(9-20)7-15(6-13)10-20)27-19-22-21-18(25)23(19)11-16-3-2-4-26-16/h12-16H,2-11H2,1H3,(H,21,25)/t12-,13?,14?,15?,16+,20?/m1/s1. The van der Waals surface area contributed by atoms with Crippen LogP contribution in [0.3, 0.4) is 0 Å². The van der Waals surface area contributed by atoms with Gasteiger partial charge in [0.1, 0.15) is 0 Å². The van der Waals surface area contributed by atoms with Crippen LogP contribution in [-0.2, 0) is 16.1 Å². The van der Waals surface area contributed by atoms with E-state index in [0.717, 1.165) is 56.5 Å². The second-order valence-electron chi connectivity index (χ2n) is 9.38. The van der Waals surface area contributed by atoms with Gasteiger partial charge in [-0.3, -0.25) is 9.36 Å². The number of rotatable bonds is 6. The summed E-state index contributed by atoms with van der Waals surface area (Å²) in [5.41, 5.74) is -0.306. The Morgan fingerprint density at radius 1 is 1.30 bits per heavy atom. The maximum atomic E-state index is 13.5. The molecule has 5 fully saturated rings. The summed E-state index contributed by atoms with van der Waals surface area (Å²) >= 11 is 1.45. The van der Waals surface area contributed by atoms with E-state index < -0.39 is 0 Å². The molecule has 5 aliphatic rings. The number of H-pyrrole nitrogens is 1. The van der Waals surface area contributed by atoms with Gasteiger partial charge < -0.3 is 4.74 Å². The van der Waals surface area contributed by atoms with Gasteiger partial charge in [0, 0.05) is 12.0 Å². The van der Waals surface area contributed by atoms with Gasteiger partial charge in [0.05, 0.1) is 17.9 Å². The Morgan fingerprint density at radius 2 is 1.96 bits per heavy atom. The van der Waals surface area contributed by atoms with Gasteiger partial charge in [-0.2, -0.15) is 0 Å². The minimum Gasteiger partial charge on any atom is -0.376 e. The number of aromatic nitrogens is 3. The van der Waals surface area contributed by atoms with Crippen LogP contribution in [0.15, 0.2) is 9.95 Å². The van der Waals surface area contributed by atoms with E-state index in [1.54, 1.807) is 4.57 Å². The second kappa shape index (κ2) is 6.76. The molecule has 0 amide bonds. The van der Waals surface area contributed by atoms with Crippen LogP contribution in [-0.4, -0.2) is 38.5 Å². The third-order valence-corrected chi connectivity index (χ3v) is 8.44. The summed E-state index contributed by atoms with van der Waals surface area (Å²) in [6.07, 6.45) is 9.39. The molecule has 148 valence electrons. The molecule has 1 aromatic rings. The van der Waals surface area contributed by atoms with Gasteiger partial charge in [-0.25, -0.2) is 9.89 Å². The van der Waals surface area contributed by atoms with E-state index in [1.165, 1.54) is 31.0 Å². The number of nitrogens with one attached hydrogen (secondary N) is 1. The van der Waals surface area contributed by atoms with Gasteiger partial charge in [0.2, 0.25) is 0 Å². The highest BCUT2D eigenvalue weighted by atomic mass is 32.2. The molecule has 4 bridgehead atoms. The summed E-state index contributed by atoms with van der Waals surface area (Å²) in [4.78, 5) is 25.7. The Morgan fingerprint density at radius 3 is 2.56 bits per heavy atom. The molecule has 0 radical (unpaired) electrons. The summed E-state index contributed by atoms with van der Waals surface area (Å²) < 4.78 is 7.33. The Bertz CT molecular complexity index is 744. The fourth-order valence-corrected chi connectivity index (χ4v) is 7.66. The van der Waals surface area contributed by atoms with E-state index in [0.29, 0.717) is 17.5 Å². The highest BCUT2D eigenvalue weighted by molar-refractivity contribution is 8.00. The monoisotopic (exact) mass is 391 g/mol. The fraction of sp³-hybridized carbons (Fsp3) is 0.850. The van der Waals surface area contributed by atoms with Crippen molar-refractivity contribution in [2.45, 2.75) is 81.3 Å². The van der Waals surface area contributed by atoms with Gasteiger partial charge in [0.15, 0.2) is 10.9 Å². The first-order valence-electron chi connectivity index (χ1n) is 10.5. The van der Waals surface area contributed by atoms with E-state index in [2.05, 4.69) is 10.2 Å². The molecule has 1 N–H and O–H groups in total. The van der Waals surface area contributed by atoms with Crippen LogP contribution in [0.2, 0.25) is 0 Å². The smallest absolute Gasteiger partial charge is 0.344 e. The number of aromatic amines is 1. The minimum absolute atomic E-state index is 0.0776. The van der Waals surface area contributed by atoms with E-state index >= 15 is 0 Å². The SMILES string of the molecule is C[C@@H](Sc1n[nH]c(=O)n1C[C@@H]1CCCO1)C(=O)C12CC3CC(CC(C3)C1)C2. The topological polar surface area (TPSA) is 77.0 Å². The molecular weight excluding hydrogens is 362 g/mol. The van der Waals surface area contributed by atoms with Crippen LogP contribution in [0, 0.1) is 23.2 Å². The number of nitrogens with zero attached hydrogens (tertiary/aromatic N) is 2. The number of hydrogen-bond donors (Lipinski definition) is 1. The lowest BCUT2D eigenvalue weighted by Crippen LogP contribution is -2.51. The van der Waals surface area contributed by atoms with Crippen LogP contribution >= 0.6 is 11.8 Å². The first-order chi connectivity index (χ1) is 13.0. The van der Waals surface area contributed by atoms with Gasteiger partial charge >= 0.3 is 5.69 Å². The third kappa shape index (κ3) is 3.20. The highest BCUT2D eigenvalue weighted by Crippen LogP contribution is 2.61. The van der Waals surface area contributed by atoms with E-state index in [4.69, 9.17) is 4.74 Å². The molecule has 7 heteroatoms. The number of carbonyl (C=O) groups is 1. The van der Waals surface area contributed by atoms with Crippen LogP contribution in [0.4, 0.5) is 0 Å². The van der Waals surface area contributed by atoms with Crippen LogP contribution in [0.1, 0.15) is 58.3 Å². The molecule has 0 unspecified atom stereocenters. The predicted octanol–water partition coefficient (Wildman–Crippen LogP) is 3.02. The van der Waals surface area contributed by atoms with Crippen LogP contribution < -0.4 is 5.69 Å². The van der Waals surface area contributed by atoms with E-state index in [9.17, 15) is 9.59 Å². The molecule has 0 spiro atoms. The number of hydrogen-bond acceptors (Lipinski definition) is 5. The number of carbonyl (C=O) groups excluding carboxylic acids is 1. The summed E-state index contributed by atoms with van der Waals surface area (Å²) in [6.45, 7) is 3.29. The normalized spacial score (nSPS) is 38.4. The second-order valence-corrected chi connectivity index (χ2v) is 10.7. The van der Waals surface area contributed by atoms with Gasteiger partial charge in [-0.15, -0.1) is 5.10 Å². The average Bonchev–Trinajstić information content (AvgIpc) is 3.25. The lowest BCUT2D eigenvalue weighted by Gasteiger charge is -2.56. The number of thioether (sulfide) groups is 1. The van der Waals surface area contributed by atoms with Crippen molar-refractivity contribution >= 4 is 17.5 Å². The summed E-state index contributed by atoms with van der Waals surface area (Å²) in [5, 5.41) is 7.23. The lowest BCUT2D eigenvalue weighted by molar-refractivity contribution is -0.142. The predicted molar refractivity (Wildman–Crippen MR) is 103 cm³/mol. The molecular formula is C20H29N3O3S. The van der Waals surface area contributed by atoms with Crippen molar-refractivity contribution in [3.8, 4) is 0 Å². The fourth-order valence-electron chi connectivity index (χ4n) is 6.60. The molecule has 1 aromatic heterocycles. The van der Waals surface area contributed by atoms with Crippen LogP contribution in [0.5, 0.6) is 0 Å². The zero-order valence-electron chi connectivity index (χ0n) is 16.0. The maximum Gasteiger partial charge on any atom is 0.344 e. The van der Waals surface area contributed by atoms with Crippen molar-refractivity contribution in [1.29, 1.82) is 0 Å². The van der Waals surface area contributed by atoms with Gasteiger partial charge in [-0.05, 0) is 76.0 Å². The lowest BCUT2D eigenvalue weighted by atomic mass is 9.48. The van der Waals surface area contributed by atoms with Crippen molar-refractivity contribution in [3.63, 3.8) is 0 Å². The zero-order chi connectivity index (χ0) is 18.6. The molecule has 1 aliphatic heterocycles. The molecule has 6 rings (SSSR count).